The summed E-state index contributed by atoms with van der Waals surface area (Å²) in [5, 5.41) is 3.00. The van der Waals surface area contributed by atoms with Crippen molar-refractivity contribution in [2.45, 2.75) is 97.1 Å². The topological polar surface area (TPSA) is 145 Å². The van der Waals surface area contributed by atoms with Gasteiger partial charge in [-0.05, 0) is 73.9 Å². The molecule has 5 N–H and O–H groups in total. The van der Waals surface area contributed by atoms with Crippen molar-refractivity contribution in [3.63, 3.8) is 0 Å². The van der Waals surface area contributed by atoms with E-state index in [4.69, 9.17) is 16.2 Å². The summed E-state index contributed by atoms with van der Waals surface area (Å²) >= 11 is 0. The van der Waals surface area contributed by atoms with E-state index < -0.39 is 23.5 Å². The summed E-state index contributed by atoms with van der Waals surface area (Å²) in [4.78, 5) is 53.9. The lowest BCUT2D eigenvalue weighted by atomic mass is 9.82. The van der Waals surface area contributed by atoms with E-state index in [-0.39, 0.29) is 48.4 Å². The Balaban J connectivity index is 1.84. The number of nitrogen functional groups attached to an aromatic ring is 2. The van der Waals surface area contributed by atoms with E-state index in [1.807, 2.05) is 38.1 Å². The molecule has 43 heavy (non-hydrogen) atoms. The van der Waals surface area contributed by atoms with Crippen molar-refractivity contribution < 1.29 is 23.9 Å². The minimum Gasteiger partial charge on any atom is -0.399 e. The first-order valence-corrected chi connectivity index (χ1v) is 15.6. The van der Waals surface area contributed by atoms with Gasteiger partial charge in [-0.15, -0.1) is 0 Å². The van der Waals surface area contributed by atoms with Gasteiger partial charge in [-0.25, -0.2) is 0 Å². The molecule has 1 heterocycles. The lowest BCUT2D eigenvalue weighted by Crippen LogP contribution is -2.47. The number of carbonyl (C=O) groups is 4. The molecule has 1 saturated heterocycles. The van der Waals surface area contributed by atoms with Crippen LogP contribution in [0.15, 0.2) is 48.5 Å². The van der Waals surface area contributed by atoms with Gasteiger partial charge in [0, 0.05) is 42.5 Å². The van der Waals surface area contributed by atoms with E-state index in [1.165, 1.54) is 0 Å². The zero-order valence-corrected chi connectivity index (χ0v) is 26.2. The van der Waals surface area contributed by atoms with Crippen LogP contribution in [0.4, 0.5) is 11.4 Å². The number of amides is 1. The SMILES string of the molecule is CCCCCC(=O)C[C@@H](Cc1ccc(N)cc1)C(=O)N[C@@H](Cc1ccc(N)cc1)C(=O)C[C@@H](CC(C)C)C(=O)[C@@]1(C)CO1. The van der Waals surface area contributed by atoms with E-state index in [1.54, 1.807) is 31.2 Å². The van der Waals surface area contributed by atoms with Crippen LogP contribution in [-0.2, 0) is 36.8 Å². The van der Waals surface area contributed by atoms with E-state index in [0.29, 0.717) is 37.2 Å². The molecule has 2 aromatic carbocycles. The Bertz CT molecular complexity index is 1240. The zero-order chi connectivity index (χ0) is 31.6. The van der Waals surface area contributed by atoms with Crippen LogP contribution in [0.3, 0.4) is 0 Å². The predicted molar refractivity (Wildman–Crippen MR) is 170 cm³/mol. The molecule has 0 bridgehead atoms. The average molecular weight is 592 g/mol. The maximum absolute atomic E-state index is 13.9. The molecule has 234 valence electrons. The number of hydrogen-bond donors (Lipinski definition) is 3. The molecule has 0 saturated carbocycles. The minimum absolute atomic E-state index is 0.00839. The molecule has 0 aliphatic carbocycles. The van der Waals surface area contributed by atoms with Crippen LogP contribution < -0.4 is 16.8 Å². The highest BCUT2D eigenvalue weighted by molar-refractivity contribution is 5.97. The standard InChI is InChI=1S/C35H49N3O5/c1-5-6-7-8-30(39)20-27(18-24-9-13-28(36)14-10-24)34(42)38-31(19-25-11-15-29(37)16-12-25)32(40)21-26(17-23(2)3)33(41)35(4)22-43-35/h9-16,23,26-27,31H,5-8,17-22,36-37H2,1-4H3,(H,38,42)/t26-,27-,31+,35-/m1/s1. The van der Waals surface area contributed by atoms with E-state index in [0.717, 1.165) is 30.4 Å². The Morgan fingerprint density at radius 3 is 1.93 bits per heavy atom. The number of unbranched alkanes of at least 4 members (excludes halogenated alkanes) is 2. The van der Waals surface area contributed by atoms with Crippen LogP contribution >= 0.6 is 0 Å². The third kappa shape index (κ3) is 10.9. The van der Waals surface area contributed by atoms with Crippen molar-refractivity contribution in [3.05, 3.63) is 59.7 Å². The van der Waals surface area contributed by atoms with Gasteiger partial charge in [0.1, 0.15) is 11.4 Å². The van der Waals surface area contributed by atoms with Crippen LogP contribution in [0.2, 0.25) is 0 Å². The van der Waals surface area contributed by atoms with Crippen LogP contribution in [-0.4, -0.2) is 41.5 Å². The second kappa shape index (κ2) is 15.8. The van der Waals surface area contributed by atoms with Gasteiger partial charge in [0.15, 0.2) is 11.6 Å². The summed E-state index contributed by atoms with van der Waals surface area (Å²) in [5.41, 5.74) is 13.8. The van der Waals surface area contributed by atoms with Crippen molar-refractivity contribution in [1.29, 1.82) is 0 Å². The third-order valence-electron chi connectivity index (χ3n) is 8.16. The largest absolute Gasteiger partial charge is 0.399 e. The number of carbonyl (C=O) groups excluding carboxylic acids is 4. The van der Waals surface area contributed by atoms with Gasteiger partial charge < -0.3 is 21.5 Å². The maximum atomic E-state index is 13.9. The summed E-state index contributed by atoms with van der Waals surface area (Å²) in [6.45, 7) is 8.25. The Kier molecular flexibility index (Phi) is 12.5. The number of nitrogens with two attached hydrogens (primary N) is 2. The number of epoxide rings is 1. The molecular weight excluding hydrogens is 542 g/mol. The number of ketones is 3. The Hall–Kier alpha value is -3.52. The molecule has 1 aliphatic heterocycles. The summed E-state index contributed by atoms with van der Waals surface area (Å²) < 4.78 is 5.42. The molecule has 0 aromatic heterocycles. The Morgan fingerprint density at radius 2 is 1.42 bits per heavy atom. The van der Waals surface area contributed by atoms with Crippen LogP contribution in [0.1, 0.15) is 83.8 Å². The summed E-state index contributed by atoms with van der Waals surface area (Å²) in [5.74, 6) is -1.54. The highest BCUT2D eigenvalue weighted by atomic mass is 16.6. The first kappa shape index (κ1) is 34.0. The van der Waals surface area contributed by atoms with Crippen molar-refractivity contribution >= 4 is 34.6 Å². The fourth-order valence-corrected chi connectivity index (χ4v) is 5.49. The summed E-state index contributed by atoms with van der Waals surface area (Å²) in [6.07, 6.45) is 4.42. The number of hydrogen-bond acceptors (Lipinski definition) is 7. The molecule has 0 spiro atoms. The molecule has 0 radical (unpaired) electrons. The Labute approximate surface area is 256 Å². The maximum Gasteiger partial charge on any atom is 0.224 e. The number of Topliss-reactive ketones (excluding diaryl/α,β-unsaturated/α-hetero) is 3. The summed E-state index contributed by atoms with van der Waals surface area (Å²) in [7, 11) is 0. The average Bonchev–Trinajstić information content (AvgIpc) is 3.72. The van der Waals surface area contributed by atoms with Gasteiger partial charge in [-0.1, -0.05) is 57.9 Å². The molecule has 1 aliphatic rings. The van der Waals surface area contributed by atoms with Crippen LogP contribution in [0.5, 0.6) is 0 Å². The number of benzene rings is 2. The molecule has 8 heteroatoms. The first-order valence-electron chi connectivity index (χ1n) is 15.6. The van der Waals surface area contributed by atoms with Gasteiger partial charge in [0.25, 0.3) is 0 Å². The fraction of sp³-hybridized carbons (Fsp3) is 0.543. The number of ether oxygens (including phenoxy) is 1. The monoisotopic (exact) mass is 591 g/mol. The smallest absolute Gasteiger partial charge is 0.224 e. The van der Waals surface area contributed by atoms with Crippen molar-refractivity contribution in [2.75, 3.05) is 18.1 Å². The van der Waals surface area contributed by atoms with Gasteiger partial charge in [0.05, 0.1) is 12.6 Å². The molecule has 1 fully saturated rings. The quantitative estimate of drug-likeness (QED) is 0.115. The van der Waals surface area contributed by atoms with Crippen molar-refractivity contribution in [3.8, 4) is 0 Å². The number of rotatable bonds is 19. The lowest BCUT2D eigenvalue weighted by Gasteiger charge is -2.25. The second-order valence-electron chi connectivity index (χ2n) is 12.7. The molecule has 4 atom stereocenters. The Morgan fingerprint density at radius 1 is 0.860 bits per heavy atom. The summed E-state index contributed by atoms with van der Waals surface area (Å²) in [6, 6.07) is 13.6. The highest BCUT2D eigenvalue weighted by Crippen LogP contribution is 2.34. The molecule has 1 amide bonds. The highest BCUT2D eigenvalue weighted by Gasteiger charge is 2.50. The zero-order valence-electron chi connectivity index (χ0n) is 26.2. The number of nitrogens with one attached hydrogen (secondary N) is 1. The fourth-order valence-electron chi connectivity index (χ4n) is 5.49. The van der Waals surface area contributed by atoms with Crippen LogP contribution in [0, 0.1) is 17.8 Å². The van der Waals surface area contributed by atoms with Crippen LogP contribution in [0.25, 0.3) is 0 Å². The van der Waals surface area contributed by atoms with E-state index >= 15 is 0 Å². The van der Waals surface area contributed by atoms with Gasteiger partial charge >= 0.3 is 0 Å². The lowest BCUT2D eigenvalue weighted by molar-refractivity contribution is -0.134. The van der Waals surface area contributed by atoms with Crippen molar-refractivity contribution in [1.82, 2.24) is 5.32 Å². The van der Waals surface area contributed by atoms with Gasteiger partial charge in [-0.3, -0.25) is 19.2 Å². The first-order chi connectivity index (χ1) is 20.4. The minimum atomic E-state index is -0.865. The van der Waals surface area contributed by atoms with E-state index in [9.17, 15) is 19.2 Å². The normalized spacial score (nSPS) is 18.1. The second-order valence-corrected chi connectivity index (χ2v) is 12.7. The predicted octanol–water partition coefficient (Wildman–Crippen LogP) is 5.26. The molecule has 0 unspecified atom stereocenters. The van der Waals surface area contributed by atoms with Gasteiger partial charge in [0.2, 0.25) is 5.91 Å². The van der Waals surface area contributed by atoms with Gasteiger partial charge in [-0.2, -0.15) is 0 Å². The van der Waals surface area contributed by atoms with E-state index in [2.05, 4.69) is 12.2 Å². The molecule has 2 aromatic rings. The molecule has 3 rings (SSSR count). The van der Waals surface area contributed by atoms with Crippen molar-refractivity contribution in [2.24, 2.45) is 17.8 Å². The third-order valence-corrected chi connectivity index (χ3v) is 8.16. The number of anilines is 2. The molecule has 8 nitrogen and oxygen atoms in total. The molecular formula is C35H49N3O5.